The van der Waals surface area contributed by atoms with Crippen molar-refractivity contribution in [3.63, 3.8) is 0 Å². The SMILES string of the molecule is CC[C@@H](C)NC(=O)[C@@H](CC)N(Cc1ccc(Cl)c(Cl)c1)C(=O)CN(c1ccc(C)cc1)S(=O)(=O)c1ccc(OC)c(OC)c1. The minimum Gasteiger partial charge on any atom is -0.493 e. The van der Waals surface area contributed by atoms with Crippen LogP contribution in [0.4, 0.5) is 5.69 Å². The van der Waals surface area contributed by atoms with Crippen LogP contribution in [0.5, 0.6) is 11.5 Å². The third-order valence-corrected chi connectivity index (χ3v) is 9.78. The Hall–Kier alpha value is -3.47. The molecule has 9 nitrogen and oxygen atoms in total. The van der Waals surface area contributed by atoms with Crippen molar-refractivity contribution in [2.45, 2.75) is 64.1 Å². The predicted octanol–water partition coefficient (Wildman–Crippen LogP) is 6.24. The zero-order valence-electron chi connectivity index (χ0n) is 25.8. The van der Waals surface area contributed by atoms with Gasteiger partial charge in [-0.3, -0.25) is 13.9 Å². The van der Waals surface area contributed by atoms with Gasteiger partial charge in [0.05, 0.1) is 34.8 Å². The number of aryl methyl sites for hydroxylation is 1. The van der Waals surface area contributed by atoms with E-state index in [4.69, 9.17) is 32.7 Å². The zero-order valence-corrected chi connectivity index (χ0v) is 28.1. The number of nitrogens with zero attached hydrogens (tertiary/aromatic N) is 2. The third kappa shape index (κ3) is 8.37. The van der Waals surface area contributed by atoms with Gasteiger partial charge in [-0.2, -0.15) is 0 Å². The summed E-state index contributed by atoms with van der Waals surface area (Å²) in [5, 5.41) is 3.60. The Morgan fingerprint density at radius 3 is 2.11 bits per heavy atom. The van der Waals surface area contributed by atoms with Gasteiger partial charge in [0, 0.05) is 18.7 Å². The number of rotatable bonds is 14. The number of sulfonamides is 1. The lowest BCUT2D eigenvalue weighted by Gasteiger charge is -2.34. The summed E-state index contributed by atoms with van der Waals surface area (Å²) in [5.41, 5.74) is 1.83. The number of hydrogen-bond acceptors (Lipinski definition) is 6. The first-order chi connectivity index (χ1) is 20.9. The van der Waals surface area contributed by atoms with E-state index in [1.165, 1.54) is 37.3 Å². The molecule has 0 fully saturated rings. The maximum atomic E-state index is 14.2. The van der Waals surface area contributed by atoms with E-state index in [0.29, 0.717) is 34.2 Å². The minimum absolute atomic E-state index is 0.000297. The van der Waals surface area contributed by atoms with Crippen molar-refractivity contribution < 1.29 is 27.5 Å². The summed E-state index contributed by atoms with van der Waals surface area (Å²) < 4.78 is 40.0. The Morgan fingerprint density at radius 2 is 1.55 bits per heavy atom. The molecule has 0 aliphatic rings. The molecule has 0 spiro atoms. The van der Waals surface area contributed by atoms with E-state index in [1.54, 1.807) is 49.4 Å². The van der Waals surface area contributed by atoms with E-state index in [1.807, 2.05) is 20.8 Å². The largest absolute Gasteiger partial charge is 0.493 e. The van der Waals surface area contributed by atoms with E-state index < -0.39 is 28.5 Å². The highest BCUT2D eigenvalue weighted by Gasteiger charge is 2.34. The molecule has 0 saturated carbocycles. The number of anilines is 1. The lowest BCUT2D eigenvalue weighted by atomic mass is 10.1. The molecule has 0 bridgehead atoms. The standard InChI is InChI=1S/C32H39Cl2N3O6S/c1-7-22(4)35-32(39)28(8-2)36(19-23-11-15-26(33)27(34)17-23)31(38)20-37(24-12-9-21(3)10-13-24)44(40,41)25-14-16-29(42-5)30(18-25)43-6/h9-18,22,28H,7-8,19-20H2,1-6H3,(H,35,39)/t22-,28-/m1/s1. The lowest BCUT2D eigenvalue weighted by Crippen LogP contribution is -2.53. The van der Waals surface area contributed by atoms with Crippen LogP contribution in [-0.2, 0) is 26.2 Å². The van der Waals surface area contributed by atoms with Gasteiger partial charge in [-0.1, -0.05) is 60.8 Å². The van der Waals surface area contributed by atoms with Crippen molar-refractivity contribution in [2.24, 2.45) is 0 Å². The van der Waals surface area contributed by atoms with Gasteiger partial charge in [-0.15, -0.1) is 0 Å². The average Bonchev–Trinajstić information content (AvgIpc) is 3.01. The molecule has 1 N–H and O–H groups in total. The van der Waals surface area contributed by atoms with E-state index in [2.05, 4.69) is 5.32 Å². The van der Waals surface area contributed by atoms with Crippen LogP contribution in [0.2, 0.25) is 10.0 Å². The van der Waals surface area contributed by atoms with Crippen molar-refractivity contribution >= 4 is 50.7 Å². The van der Waals surface area contributed by atoms with Crippen molar-refractivity contribution in [1.82, 2.24) is 10.2 Å². The van der Waals surface area contributed by atoms with Gasteiger partial charge in [0.15, 0.2) is 11.5 Å². The highest BCUT2D eigenvalue weighted by atomic mass is 35.5. The van der Waals surface area contributed by atoms with Crippen LogP contribution in [0.15, 0.2) is 65.6 Å². The Labute approximate surface area is 270 Å². The maximum Gasteiger partial charge on any atom is 0.264 e. The molecule has 44 heavy (non-hydrogen) atoms. The first-order valence-corrected chi connectivity index (χ1v) is 16.4. The summed E-state index contributed by atoms with van der Waals surface area (Å²) in [4.78, 5) is 29.0. The van der Waals surface area contributed by atoms with Gasteiger partial charge < -0.3 is 19.7 Å². The van der Waals surface area contributed by atoms with E-state index >= 15 is 0 Å². The van der Waals surface area contributed by atoms with Crippen LogP contribution in [0.3, 0.4) is 0 Å². The van der Waals surface area contributed by atoms with Crippen LogP contribution in [0.25, 0.3) is 0 Å². The van der Waals surface area contributed by atoms with Gasteiger partial charge >= 0.3 is 0 Å². The molecule has 3 aromatic carbocycles. The first kappa shape index (κ1) is 35.0. The molecule has 2 atom stereocenters. The number of amides is 2. The highest BCUT2D eigenvalue weighted by molar-refractivity contribution is 7.92. The second kappa shape index (κ2) is 15.5. The second-order valence-corrected chi connectivity index (χ2v) is 13.1. The van der Waals surface area contributed by atoms with Crippen LogP contribution < -0.4 is 19.1 Å². The predicted molar refractivity (Wildman–Crippen MR) is 174 cm³/mol. The number of methoxy groups -OCH3 is 2. The molecular weight excluding hydrogens is 625 g/mol. The maximum absolute atomic E-state index is 14.2. The van der Waals surface area contributed by atoms with E-state index in [9.17, 15) is 18.0 Å². The Morgan fingerprint density at radius 1 is 0.886 bits per heavy atom. The van der Waals surface area contributed by atoms with E-state index in [0.717, 1.165) is 9.87 Å². The zero-order chi connectivity index (χ0) is 32.6. The fraction of sp³-hybridized carbons (Fsp3) is 0.375. The smallest absolute Gasteiger partial charge is 0.264 e. The molecule has 3 rings (SSSR count). The molecule has 238 valence electrons. The average molecular weight is 665 g/mol. The number of carbonyl (C=O) groups excluding carboxylic acids is 2. The van der Waals surface area contributed by atoms with Gasteiger partial charge in [0.25, 0.3) is 10.0 Å². The molecule has 0 unspecified atom stereocenters. The molecule has 0 aliphatic heterocycles. The fourth-order valence-electron chi connectivity index (χ4n) is 4.54. The quantitative estimate of drug-likeness (QED) is 0.219. The summed E-state index contributed by atoms with van der Waals surface area (Å²) in [5.74, 6) is -0.333. The van der Waals surface area contributed by atoms with Crippen molar-refractivity contribution in [2.75, 3.05) is 25.1 Å². The minimum atomic E-state index is -4.30. The fourth-order valence-corrected chi connectivity index (χ4v) is 6.29. The molecule has 0 heterocycles. The van der Waals surface area contributed by atoms with Gasteiger partial charge in [0.1, 0.15) is 12.6 Å². The Balaban J connectivity index is 2.11. The summed E-state index contributed by atoms with van der Waals surface area (Å²) in [6, 6.07) is 15.0. The topological polar surface area (TPSA) is 105 Å². The monoisotopic (exact) mass is 663 g/mol. The van der Waals surface area contributed by atoms with Crippen LogP contribution in [0, 0.1) is 6.92 Å². The number of benzene rings is 3. The normalized spacial score (nSPS) is 12.6. The molecule has 0 radical (unpaired) electrons. The van der Waals surface area contributed by atoms with Gasteiger partial charge in [0.2, 0.25) is 11.8 Å². The van der Waals surface area contributed by atoms with Crippen LogP contribution in [0.1, 0.15) is 44.7 Å². The molecular formula is C32H39Cl2N3O6S. The van der Waals surface area contributed by atoms with Crippen molar-refractivity contribution in [3.8, 4) is 11.5 Å². The molecule has 2 amide bonds. The van der Waals surface area contributed by atoms with E-state index in [-0.39, 0.29) is 34.8 Å². The summed E-state index contributed by atoms with van der Waals surface area (Å²) in [6.07, 6.45) is 0.996. The highest BCUT2D eigenvalue weighted by Crippen LogP contribution is 2.33. The molecule has 3 aromatic rings. The van der Waals surface area contributed by atoms with Gasteiger partial charge in [-0.25, -0.2) is 8.42 Å². The molecule has 12 heteroatoms. The Bertz CT molecular complexity index is 1570. The number of ether oxygens (including phenoxy) is 2. The number of halogens is 2. The van der Waals surface area contributed by atoms with Crippen LogP contribution in [-0.4, -0.2) is 58.0 Å². The summed E-state index contributed by atoms with van der Waals surface area (Å²) >= 11 is 12.4. The van der Waals surface area contributed by atoms with Gasteiger partial charge in [-0.05, 0) is 68.7 Å². The number of carbonyl (C=O) groups is 2. The lowest BCUT2D eigenvalue weighted by molar-refractivity contribution is -0.140. The first-order valence-electron chi connectivity index (χ1n) is 14.2. The van der Waals surface area contributed by atoms with Crippen molar-refractivity contribution in [3.05, 3.63) is 81.8 Å². The molecule has 0 aromatic heterocycles. The number of nitrogens with one attached hydrogen (secondary N) is 1. The van der Waals surface area contributed by atoms with Crippen LogP contribution >= 0.6 is 23.2 Å². The second-order valence-electron chi connectivity index (χ2n) is 10.4. The molecule has 0 saturated heterocycles. The summed E-state index contributed by atoms with van der Waals surface area (Å²) in [6.45, 7) is 6.93. The van der Waals surface area contributed by atoms with Crippen molar-refractivity contribution in [1.29, 1.82) is 0 Å². The Kier molecular flexibility index (Phi) is 12.3. The molecule has 0 aliphatic carbocycles. The summed E-state index contributed by atoms with van der Waals surface area (Å²) in [7, 11) is -1.44. The number of hydrogen-bond donors (Lipinski definition) is 1. The third-order valence-electron chi connectivity index (χ3n) is 7.27.